The van der Waals surface area contributed by atoms with Gasteiger partial charge in [-0.1, -0.05) is 0 Å². The average molecular weight is 301 g/mol. The Balaban J connectivity index is 2.28. The van der Waals surface area contributed by atoms with Gasteiger partial charge in [-0.05, 0) is 18.9 Å². The summed E-state index contributed by atoms with van der Waals surface area (Å²) in [5.41, 5.74) is 0.295. The Morgan fingerprint density at radius 2 is 2.00 bits per heavy atom. The molecule has 0 saturated carbocycles. The standard InChI is InChI=1S/C12H19N3O4S/c1-13-12(17)11-7-10(8-14(11)2)20(18,19)15-5-3-9(16)4-6-15/h7-9,16H,3-6H2,1-2H3,(H,13,17). The number of sulfonamides is 1. The lowest BCUT2D eigenvalue weighted by atomic mass is 10.1. The summed E-state index contributed by atoms with van der Waals surface area (Å²) in [4.78, 5) is 11.7. The summed E-state index contributed by atoms with van der Waals surface area (Å²) in [7, 11) is -0.483. The van der Waals surface area contributed by atoms with E-state index in [4.69, 9.17) is 0 Å². The Labute approximate surface area is 118 Å². The first-order chi connectivity index (χ1) is 9.36. The number of aromatic nitrogens is 1. The van der Waals surface area contributed by atoms with Crippen molar-refractivity contribution in [3.05, 3.63) is 18.0 Å². The maximum Gasteiger partial charge on any atom is 0.267 e. The van der Waals surface area contributed by atoms with Gasteiger partial charge in [-0.15, -0.1) is 0 Å². The molecule has 0 atom stereocenters. The molecule has 2 heterocycles. The fraction of sp³-hybridized carbons (Fsp3) is 0.583. The van der Waals surface area contributed by atoms with E-state index in [0.717, 1.165) is 0 Å². The number of aliphatic hydroxyl groups is 1. The number of carbonyl (C=O) groups excluding carboxylic acids is 1. The van der Waals surface area contributed by atoms with Crippen LogP contribution < -0.4 is 5.32 Å². The number of nitrogens with zero attached hydrogens (tertiary/aromatic N) is 2. The molecule has 0 unspecified atom stereocenters. The predicted octanol–water partition coefficient (Wildman–Crippen LogP) is -0.470. The molecule has 2 rings (SSSR count). The summed E-state index contributed by atoms with van der Waals surface area (Å²) in [5.74, 6) is -0.331. The van der Waals surface area contributed by atoms with E-state index in [-0.39, 0.29) is 10.8 Å². The average Bonchev–Trinajstić information content (AvgIpc) is 2.81. The summed E-state index contributed by atoms with van der Waals surface area (Å²) in [5, 5.41) is 11.9. The first kappa shape index (κ1) is 15.0. The van der Waals surface area contributed by atoms with Crippen LogP contribution in [-0.4, -0.2) is 54.5 Å². The minimum Gasteiger partial charge on any atom is -0.393 e. The van der Waals surface area contributed by atoms with Crippen LogP contribution in [0.25, 0.3) is 0 Å². The van der Waals surface area contributed by atoms with Crippen molar-refractivity contribution in [3.8, 4) is 0 Å². The lowest BCUT2D eigenvalue weighted by Gasteiger charge is -2.28. The molecule has 8 heteroatoms. The second kappa shape index (κ2) is 5.55. The number of hydrogen-bond donors (Lipinski definition) is 2. The summed E-state index contributed by atoms with van der Waals surface area (Å²) >= 11 is 0. The zero-order valence-corrected chi connectivity index (χ0v) is 12.4. The molecule has 1 aromatic rings. The number of amides is 1. The molecule has 0 radical (unpaired) electrons. The molecule has 112 valence electrons. The zero-order valence-electron chi connectivity index (χ0n) is 11.5. The Morgan fingerprint density at radius 3 is 2.55 bits per heavy atom. The lowest BCUT2D eigenvalue weighted by Crippen LogP contribution is -2.39. The first-order valence-corrected chi connectivity index (χ1v) is 7.87. The zero-order chi connectivity index (χ0) is 14.9. The van der Waals surface area contributed by atoms with E-state index in [2.05, 4.69) is 5.32 Å². The highest BCUT2D eigenvalue weighted by atomic mass is 32.2. The maximum absolute atomic E-state index is 12.5. The van der Waals surface area contributed by atoms with E-state index in [9.17, 15) is 18.3 Å². The van der Waals surface area contributed by atoms with Gasteiger partial charge in [0.25, 0.3) is 5.91 Å². The van der Waals surface area contributed by atoms with Gasteiger partial charge in [-0.2, -0.15) is 4.31 Å². The number of piperidine rings is 1. The monoisotopic (exact) mass is 301 g/mol. The number of carbonyl (C=O) groups is 1. The summed E-state index contributed by atoms with van der Waals surface area (Å²) in [6.07, 6.45) is 1.88. The molecular weight excluding hydrogens is 282 g/mol. The van der Waals surface area contributed by atoms with E-state index >= 15 is 0 Å². The maximum atomic E-state index is 12.5. The molecule has 20 heavy (non-hydrogen) atoms. The molecular formula is C12H19N3O4S. The number of aryl methyl sites for hydroxylation is 1. The quantitative estimate of drug-likeness (QED) is 0.789. The third-order valence-corrected chi connectivity index (χ3v) is 5.36. The Bertz CT molecular complexity index is 600. The molecule has 1 aliphatic heterocycles. The number of nitrogens with one attached hydrogen (secondary N) is 1. The van der Waals surface area contributed by atoms with E-state index in [1.54, 1.807) is 7.05 Å². The van der Waals surface area contributed by atoms with Crippen LogP contribution in [0.3, 0.4) is 0 Å². The Hall–Kier alpha value is -1.38. The highest BCUT2D eigenvalue weighted by Crippen LogP contribution is 2.22. The van der Waals surface area contributed by atoms with E-state index in [0.29, 0.717) is 31.6 Å². The van der Waals surface area contributed by atoms with E-state index < -0.39 is 16.1 Å². The number of aliphatic hydroxyl groups excluding tert-OH is 1. The van der Waals surface area contributed by atoms with Gasteiger partial charge in [0, 0.05) is 33.4 Å². The minimum absolute atomic E-state index is 0.106. The van der Waals surface area contributed by atoms with Crippen molar-refractivity contribution in [1.82, 2.24) is 14.2 Å². The van der Waals surface area contributed by atoms with Gasteiger partial charge >= 0.3 is 0 Å². The molecule has 7 nitrogen and oxygen atoms in total. The van der Waals surface area contributed by atoms with Crippen LogP contribution in [0.1, 0.15) is 23.3 Å². The SMILES string of the molecule is CNC(=O)c1cc(S(=O)(=O)N2CCC(O)CC2)cn1C. The number of rotatable bonds is 3. The second-order valence-electron chi connectivity index (χ2n) is 4.89. The first-order valence-electron chi connectivity index (χ1n) is 6.43. The van der Waals surface area contributed by atoms with Crippen molar-refractivity contribution in [2.24, 2.45) is 7.05 Å². The third kappa shape index (κ3) is 2.72. The second-order valence-corrected chi connectivity index (χ2v) is 6.82. The van der Waals surface area contributed by atoms with Gasteiger partial charge < -0.3 is 15.0 Å². The molecule has 0 bridgehead atoms. The van der Waals surface area contributed by atoms with Crippen LogP contribution in [0.5, 0.6) is 0 Å². The largest absolute Gasteiger partial charge is 0.393 e. The minimum atomic E-state index is -3.61. The van der Waals surface area contributed by atoms with Crippen LogP contribution in [0, 0.1) is 0 Å². The summed E-state index contributed by atoms with van der Waals surface area (Å²) in [6, 6.07) is 1.37. The predicted molar refractivity (Wildman–Crippen MR) is 72.8 cm³/mol. The van der Waals surface area contributed by atoms with E-state index in [1.165, 1.54) is 28.2 Å². The topological polar surface area (TPSA) is 91.6 Å². The van der Waals surface area contributed by atoms with Gasteiger partial charge in [-0.3, -0.25) is 4.79 Å². The Morgan fingerprint density at radius 1 is 1.40 bits per heavy atom. The van der Waals surface area contributed by atoms with Crippen molar-refractivity contribution >= 4 is 15.9 Å². The van der Waals surface area contributed by atoms with Gasteiger partial charge in [0.2, 0.25) is 10.0 Å². The van der Waals surface area contributed by atoms with E-state index in [1.807, 2.05) is 0 Å². The fourth-order valence-corrected chi connectivity index (χ4v) is 3.80. The van der Waals surface area contributed by atoms with Gasteiger partial charge in [-0.25, -0.2) is 8.42 Å². The van der Waals surface area contributed by atoms with Gasteiger partial charge in [0.15, 0.2) is 0 Å². The van der Waals surface area contributed by atoms with Crippen molar-refractivity contribution in [1.29, 1.82) is 0 Å². The molecule has 0 aromatic carbocycles. The van der Waals surface area contributed by atoms with Crippen molar-refractivity contribution in [2.75, 3.05) is 20.1 Å². The van der Waals surface area contributed by atoms with Gasteiger partial charge in [0.05, 0.1) is 6.10 Å². The smallest absolute Gasteiger partial charge is 0.267 e. The molecule has 1 saturated heterocycles. The van der Waals surface area contributed by atoms with Crippen molar-refractivity contribution in [2.45, 2.75) is 23.8 Å². The number of hydrogen-bond acceptors (Lipinski definition) is 4. The lowest BCUT2D eigenvalue weighted by molar-refractivity contribution is 0.0955. The molecule has 0 aliphatic carbocycles. The van der Waals surface area contributed by atoms with Crippen LogP contribution >= 0.6 is 0 Å². The third-order valence-electron chi connectivity index (χ3n) is 3.50. The highest BCUT2D eigenvalue weighted by molar-refractivity contribution is 7.89. The molecule has 2 N–H and O–H groups in total. The molecule has 1 amide bonds. The molecule has 1 aliphatic rings. The highest BCUT2D eigenvalue weighted by Gasteiger charge is 2.30. The molecule has 1 fully saturated rings. The normalized spacial score (nSPS) is 18.1. The summed E-state index contributed by atoms with van der Waals surface area (Å²) < 4.78 is 27.8. The van der Waals surface area contributed by atoms with Crippen LogP contribution in [0.15, 0.2) is 17.2 Å². The molecule has 0 spiro atoms. The van der Waals surface area contributed by atoms with Gasteiger partial charge in [0.1, 0.15) is 10.6 Å². The van der Waals surface area contributed by atoms with Crippen LogP contribution in [0.2, 0.25) is 0 Å². The Kier molecular flexibility index (Phi) is 4.17. The fourth-order valence-electron chi connectivity index (χ4n) is 2.26. The van der Waals surface area contributed by atoms with Crippen molar-refractivity contribution in [3.63, 3.8) is 0 Å². The van der Waals surface area contributed by atoms with Crippen LogP contribution in [0.4, 0.5) is 0 Å². The van der Waals surface area contributed by atoms with Crippen molar-refractivity contribution < 1.29 is 18.3 Å². The molecule has 1 aromatic heterocycles. The van der Waals surface area contributed by atoms with Crippen LogP contribution in [-0.2, 0) is 17.1 Å². The summed E-state index contributed by atoms with van der Waals surface area (Å²) in [6.45, 7) is 0.599.